The Morgan fingerprint density at radius 1 is 1.30 bits per heavy atom. The standard InChI is InChI=1S/C14H13BrClN3O/c1-8(2)13-17-7-11(16)12(19-13)14(20)18-10-5-3-9(15)4-6-10/h3-8H,1-2H3,(H,18,20). The van der Waals surface area contributed by atoms with E-state index in [0.29, 0.717) is 11.5 Å². The molecule has 1 aromatic heterocycles. The molecule has 104 valence electrons. The first-order valence-electron chi connectivity index (χ1n) is 6.06. The van der Waals surface area contributed by atoms with Gasteiger partial charge in [0.05, 0.1) is 11.2 Å². The molecule has 0 aliphatic heterocycles. The lowest BCUT2D eigenvalue weighted by Gasteiger charge is -2.09. The van der Waals surface area contributed by atoms with Crippen molar-refractivity contribution in [2.75, 3.05) is 5.32 Å². The molecule has 2 aromatic rings. The number of carbonyl (C=O) groups is 1. The molecule has 4 nitrogen and oxygen atoms in total. The second-order valence-electron chi connectivity index (χ2n) is 4.54. The van der Waals surface area contributed by atoms with Gasteiger partial charge in [0, 0.05) is 16.1 Å². The van der Waals surface area contributed by atoms with Crippen molar-refractivity contribution in [2.45, 2.75) is 19.8 Å². The Kier molecular flexibility index (Phi) is 4.73. The zero-order valence-electron chi connectivity index (χ0n) is 11.0. The maximum atomic E-state index is 12.2. The van der Waals surface area contributed by atoms with Crippen molar-refractivity contribution >= 4 is 39.1 Å². The normalized spacial score (nSPS) is 10.7. The lowest BCUT2D eigenvalue weighted by molar-refractivity contribution is 0.102. The third kappa shape index (κ3) is 3.55. The van der Waals surface area contributed by atoms with E-state index in [4.69, 9.17) is 11.6 Å². The van der Waals surface area contributed by atoms with Crippen LogP contribution < -0.4 is 5.32 Å². The van der Waals surface area contributed by atoms with E-state index in [2.05, 4.69) is 31.2 Å². The van der Waals surface area contributed by atoms with Gasteiger partial charge in [-0.05, 0) is 24.3 Å². The molecule has 1 amide bonds. The van der Waals surface area contributed by atoms with Crippen molar-refractivity contribution in [3.8, 4) is 0 Å². The van der Waals surface area contributed by atoms with Crippen LogP contribution in [0.5, 0.6) is 0 Å². The van der Waals surface area contributed by atoms with Crippen molar-refractivity contribution in [2.24, 2.45) is 0 Å². The summed E-state index contributed by atoms with van der Waals surface area (Å²) in [6.45, 7) is 3.92. The minimum absolute atomic E-state index is 0.131. The van der Waals surface area contributed by atoms with Crippen LogP contribution in [0.3, 0.4) is 0 Å². The van der Waals surface area contributed by atoms with Gasteiger partial charge in [-0.15, -0.1) is 0 Å². The van der Waals surface area contributed by atoms with Gasteiger partial charge >= 0.3 is 0 Å². The Morgan fingerprint density at radius 2 is 1.95 bits per heavy atom. The molecule has 6 heteroatoms. The van der Waals surface area contributed by atoms with E-state index in [1.807, 2.05) is 26.0 Å². The summed E-state index contributed by atoms with van der Waals surface area (Å²) in [5.41, 5.74) is 0.868. The second kappa shape index (κ2) is 6.33. The summed E-state index contributed by atoms with van der Waals surface area (Å²) in [4.78, 5) is 20.5. The summed E-state index contributed by atoms with van der Waals surface area (Å²) in [5.74, 6) is 0.378. The van der Waals surface area contributed by atoms with Gasteiger partial charge in [-0.25, -0.2) is 9.97 Å². The fourth-order valence-corrected chi connectivity index (χ4v) is 1.98. The van der Waals surface area contributed by atoms with E-state index in [9.17, 15) is 4.79 Å². The zero-order valence-corrected chi connectivity index (χ0v) is 13.4. The van der Waals surface area contributed by atoms with Crippen molar-refractivity contribution in [3.05, 3.63) is 51.5 Å². The van der Waals surface area contributed by atoms with E-state index >= 15 is 0 Å². The Morgan fingerprint density at radius 3 is 2.55 bits per heavy atom. The van der Waals surface area contributed by atoms with E-state index in [1.54, 1.807) is 12.1 Å². The van der Waals surface area contributed by atoms with E-state index in [-0.39, 0.29) is 22.5 Å². The minimum Gasteiger partial charge on any atom is -0.321 e. The molecule has 0 fully saturated rings. The van der Waals surface area contributed by atoms with Gasteiger partial charge < -0.3 is 5.32 Å². The molecular formula is C14H13BrClN3O. The third-order valence-electron chi connectivity index (χ3n) is 2.60. The van der Waals surface area contributed by atoms with Gasteiger partial charge in [0.15, 0.2) is 5.69 Å². The number of carbonyl (C=O) groups excluding carboxylic acids is 1. The molecule has 2 rings (SSSR count). The topological polar surface area (TPSA) is 54.9 Å². The lowest BCUT2D eigenvalue weighted by Crippen LogP contribution is -2.16. The van der Waals surface area contributed by atoms with E-state index in [0.717, 1.165) is 4.47 Å². The van der Waals surface area contributed by atoms with Crippen molar-refractivity contribution < 1.29 is 4.79 Å². The van der Waals surface area contributed by atoms with Crippen LogP contribution in [0, 0.1) is 0 Å². The molecule has 1 heterocycles. The van der Waals surface area contributed by atoms with Gasteiger partial charge in [-0.3, -0.25) is 4.79 Å². The molecule has 0 radical (unpaired) electrons. The summed E-state index contributed by atoms with van der Waals surface area (Å²) in [6, 6.07) is 7.27. The minimum atomic E-state index is -0.346. The van der Waals surface area contributed by atoms with Crippen molar-refractivity contribution in [1.82, 2.24) is 9.97 Å². The fraction of sp³-hybridized carbons (Fsp3) is 0.214. The summed E-state index contributed by atoms with van der Waals surface area (Å²) in [6.07, 6.45) is 1.46. The largest absolute Gasteiger partial charge is 0.321 e. The fourth-order valence-electron chi connectivity index (χ4n) is 1.54. The summed E-state index contributed by atoms with van der Waals surface area (Å²) >= 11 is 9.33. The number of benzene rings is 1. The molecule has 0 saturated carbocycles. The third-order valence-corrected chi connectivity index (χ3v) is 3.40. The molecule has 0 saturated heterocycles. The number of rotatable bonds is 3. The summed E-state index contributed by atoms with van der Waals surface area (Å²) < 4.78 is 0.942. The number of aromatic nitrogens is 2. The van der Waals surface area contributed by atoms with Crippen molar-refractivity contribution in [1.29, 1.82) is 0 Å². The van der Waals surface area contributed by atoms with Crippen molar-refractivity contribution in [3.63, 3.8) is 0 Å². The first-order valence-corrected chi connectivity index (χ1v) is 7.24. The molecular weight excluding hydrogens is 342 g/mol. The molecule has 0 aliphatic rings. The average Bonchev–Trinajstić information content (AvgIpc) is 2.41. The monoisotopic (exact) mass is 353 g/mol. The highest BCUT2D eigenvalue weighted by atomic mass is 79.9. The van der Waals surface area contributed by atoms with Crippen LogP contribution in [0.4, 0.5) is 5.69 Å². The summed E-state index contributed by atoms with van der Waals surface area (Å²) in [7, 11) is 0. The Bertz CT molecular complexity index is 629. The number of nitrogens with one attached hydrogen (secondary N) is 1. The summed E-state index contributed by atoms with van der Waals surface area (Å²) in [5, 5.41) is 3.00. The van der Waals surface area contributed by atoms with Crippen LogP contribution in [0.1, 0.15) is 36.1 Å². The molecule has 0 spiro atoms. The number of anilines is 1. The van der Waals surface area contributed by atoms with Crippen LogP contribution in [0.25, 0.3) is 0 Å². The molecule has 0 atom stereocenters. The lowest BCUT2D eigenvalue weighted by atomic mass is 10.2. The maximum absolute atomic E-state index is 12.2. The molecule has 1 aromatic carbocycles. The number of hydrogen-bond acceptors (Lipinski definition) is 3. The number of nitrogens with zero attached hydrogens (tertiary/aromatic N) is 2. The quantitative estimate of drug-likeness (QED) is 0.895. The van der Waals surface area contributed by atoms with Crippen LogP contribution >= 0.6 is 27.5 Å². The Balaban J connectivity index is 2.24. The van der Waals surface area contributed by atoms with Gasteiger partial charge in [0.25, 0.3) is 5.91 Å². The number of halogens is 2. The maximum Gasteiger partial charge on any atom is 0.275 e. The SMILES string of the molecule is CC(C)c1ncc(Cl)c(C(=O)Nc2ccc(Br)cc2)n1. The van der Waals surface area contributed by atoms with Gasteiger partial charge in [0.2, 0.25) is 0 Å². The van der Waals surface area contributed by atoms with E-state index < -0.39 is 0 Å². The predicted octanol–water partition coefficient (Wildman–Crippen LogP) is 4.27. The second-order valence-corrected chi connectivity index (χ2v) is 5.86. The van der Waals surface area contributed by atoms with Crippen LogP contribution in [0.2, 0.25) is 5.02 Å². The van der Waals surface area contributed by atoms with Crippen LogP contribution in [0.15, 0.2) is 34.9 Å². The Hall–Kier alpha value is -1.46. The average molecular weight is 355 g/mol. The molecule has 0 aliphatic carbocycles. The smallest absolute Gasteiger partial charge is 0.275 e. The molecule has 1 N–H and O–H groups in total. The van der Waals surface area contributed by atoms with E-state index in [1.165, 1.54) is 6.20 Å². The highest BCUT2D eigenvalue weighted by Crippen LogP contribution is 2.19. The predicted molar refractivity (Wildman–Crippen MR) is 83.2 cm³/mol. The first-order chi connectivity index (χ1) is 9.47. The molecule has 0 unspecified atom stereocenters. The highest BCUT2D eigenvalue weighted by Gasteiger charge is 2.15. The number of hydrogen-bond donors (Lipinski definition) is 1. The molecule has 0 bridgehead atoms. The zero-order chi connectivity index (χ0) is 14.7. The van der Waals surface area contributed by atoms with Crippen LogP contribution in [-0.4, -0.2) is 15.9 Å². The first kappa shape index (κ1) is 14.9. The highest BCUT2D eigenvalue weighted by molar-refractivity contribution is 9.10. The van der Waals surface area contributed by atoms with Gasteiger partial charge in [-0.2, -0.15) is 0 Å². The van der Waals surface area contributed by atoms with Gasteiger partial charge in [0.1, 0.15) is 5.82 Å². The number of amides is 1. The van der Waals surface area contributed by atoms with Crippen LogP contribution in [-0.2, 0) is 0 Å². The molecule has 20 heavy (non-hydrogen) atoms. The van der Waals surface area contributed by atoms with Gasteiger partial charge in [-0.1, -0.05) is 41.4 Å². The Labute approximate surface area is 130 Å².